The maximum absolute atomic E-state index is 11.1. The van der Waals surface area contributed by atoms with Gasteiger partial charge in [-0.15, -0.1) is 35.7 Å². The van der Waals surface area contributed by atoms with Gasteiger partial charge in [-0.1, -0.05) is 30.3 Å². The van der Waals surface area contributed by atoms with Crippen molar-refractivity contribution in [3.8, 4) is 0 Å². The standard InChI is InChI=1S/C23H30N4OS.HI/c1-3-24-22(25-16-13-19-9-11-20(12-10-19)27-18(2)28)26-17-23(14-15-23)29-21-7-5-4-6-8-21;/h4-12H,3,13-17H2,1-2H3,(H,27,28)(H2,24,25,26);1H. The molecular weight excluding hydrogens is 507 g/mol. The van der Waals surface area contributed by atoms with Crippen LogP contribution in [-0.2, 0) is 11.2 Å². The Kier molecular flexibility index (Phi) is 9.97. The van der Waals surface area contributed by atoms with Gasteiger partial charge in [-0.05, 0) is 56.0 Å². The molecule has 0 spiro atoms. The maximum Gasteiger partial charge on any atom is 0.221 e. The van der Waals surface area contributed by atoms with E-state index in [-0.39, 0.29) is 34.6 Å². The van der Waals surface area contributed by atoms with Crippen LogP contribution in [0.1, 0.15) is 32.3 Å². The molecule has 7 heteroatoms. The molecule has 2 aromatic carbocycles. The fourth-order valence-electron chi connectivity index (χ4n) is 3.02. The fraction of sp³-hybridized carbons (Fsp3) is 0.391. The van der Waals surface area contributed by atoms with Crippen molar-refractivity contribution >= 4 is 53.3 Å². The zero-order chi connectivity index (χ0) is 20.5. The predicted octanol–water partition coefficient (Wildman–Crippen LogP) is 4.69. The minimum absolute atomic E-state index is 0. The summed E-state index contributed by atoms with van der Waals surface area (Å²) < 4.78 is 0.253. The first-order valence-corrected chi connectivity index (χ1v) is 11.0. The van der Waals surface area contributed by atoms with E-state index in [2.05, 4.69) is 53.2 Å². The molecule has 1 fully saturated rings. The summed E-state index contributed by atoms with van der Waals surface area (Å²) in [5.74, 6) is 0.826. The van der Waals surface area contributed by atoms with Crippen LogP contribution < -0.4 is 16.0 Å². The second-order valence-electron chi connectivity index (χ2n) is 7.35. The van der Waals surface area contributed by atoms with Crippen LogP contribution in [-0.4, -0.2) is 36.2 Å². The highest BCUT2D eigenvalue weighted by atomic mass is 127. The molecular formula is C23H31IN4OS. The van der Waals surface area contributed by atoms with Gasteiger partial charge in [0.1, 0.15) is 0 Å². The van der Waals surface area contributed by atoms with Crippen LogP contribution in [0.25, 0.3) is 0 Å². The third-order valence-corrected chi connectivity index (χ3v) is 6.21. The van der Waals surface area contributed by atoms with Crippen molar-refractivity contribution in [2.45, 2.75) is 42.8 Å². The van der Waals surface area contributed by atoms with E-state index in [4.69, 9.17) is 4.99 Å². The lowest BCUT2D eigenvalue weighted by Gasteiger charge is -2.15. The molecule has 1 aliphatic rings. The molecule has 162 valence electrons. The third kappa shape index (κ3) is 8.18. The third-order valence-electron chi connectivity index (χ3n) is 4.74. The van der Waals surface area contributed by atoms with Gasteiger partial charge < -0.3 is 16.0 Å². The first-order valence-electron chi connectivity index (χ1n) is 10.2. The number of hydrogen-bond donors (Lipinski definition) is 3. The average molecular weight is 538 g/mol. The molecule has 30 heavy (non-hydrogen) atoms. The van der Waals surface area contributed by atoms with Crippen molar-refractivity contribution in [2.24, 2.45) is 4.99 Å². The molecule has 0 saturated heterocycles. The monoisotopic (exact) mass is 538 g/mol. The van der Waals surface area contributed by atoms with Gasteiger partial charge in [0, 0.05) is 35.3 Å². The number of anilines is 1. The van der Waals surface area contributed by atoms with Crippen molar-refractivity contribution in [1.29, 1.82) is 0 Å². The number of benzene rings is 2. The number of guanidine groups is 1. The average Bonchev–Trinajstić information content (AvgIpc) is 3.47. The van der Waals surface area contributed by atoms with Crippen molar-refractivity contribution in [3.63, 3.8) is 0 Å². The lowest BCUT2D eigenvalue weighted by Crippen LogP contribution is -2.39. The molecule has 5 nitrogen and oxygen atoms in total. The summed E-state index contributed by atoms with van der Waals surface area (Å²) in [6.45, 7) is 6.08. The number of amides is 1. The zero-order valence-corrected chi connectivity index (χ0v) is 20.8. The van der Waals surface area contributed by atoms with Crippen LogP contribution in [0, 0.1) is 0 Å². The summed E-state index contributed by atoms with van der Waals surface area (Å²) >= 11 is 1.95. The number of carbonyl (C=O) groups excluding carboxylic acids is 1. The lowest BCUT2D eigenvalue weighted by atomic mass is 10.1. The Morgan fingerprint density at radius 2 is 1.77 bits per heavy atom. The normalized spacial score (nSPS) is 14.4. The lowest BCUT2D eigenvalue weighted by molar-refractivity contribution is -0.114. The van der Waals surface area contributed by atoms with Gasteiger partial charge >= 0.3 is 0 Å². The van der Waals surface area contributed by atoms with E-state index >= 15 is 0 Å². The highest BCUT2D eigenvalue weighted by Gasteiger charge is 2.43. The SMILES string of the molecule is CCNC(=NCC1(Sc2ccccc2)CC1)NCCc1ccc(NC(C)=O)cc1.I. The Labute approximate surface area is 200 Å². The van der Waals surface area contributed by atoms with E-state index in [1.807, 2.05) is 36.0 Å². The highest BCUT2D eigenvalue weighted by Crippen LogP contribution is 2.51. The molecule has 1 saturated carbocycles. The van der Waals surface area contributed by atoms with Gasteiger partial charge in [-0.25, -0.2) is 0 Å². The molecule has 0 atom stereocenters. The largest absolute Gasteiger partial charge is 0.357 e. The summed E-state index contributed by atoms with van der Waals surface area (Å²) in [4.78, 5) is 17.3. The number of carbonyl (C=O) groups is 1. The number of rotatable bonds is 9. The summed E-state index contributed by atoms with van der Waals surface area (Å²) in [6.07, 6.45) is 3.33. The molecule has 3 rings (SSSR count). The number of thioether (sulfide) groups is 1. The van der Waals surface area contributed by atoms with Gasteiger partial charge in [0.05, 0.1) is 6.54 Å². The Balaban J connectivity index is 0.00000320. The van der Waals surface area contributed by atoms with Crippen molar-refractivity contribution in [2.75, 3.05) is 25.0 Å². The van der Waals surface area contributed by atoms with E-state index in [0.29, 0.717) is 0 Å². The zero-order valence-electron chi connectivity index (χ0n) is 17.6. The number of hydrogen-bond acceptors (Lipinski definition) is 3. The molecule has 3 N–H and O–H groups in total. The second-order valence-corrected chi connectivity index (χ2v) is 8.89. The minimum atomic E-state index is -0.0511. The van der Waals surface area contributed by atoms with Crippen LogP contribution in [0.2, 0.25) is 0 Å². The summed E-state index contributed by atoms with van der Waals surface area (Å²) in [6, 6.07) is 18.6. The first-order chi connectivity index (χ1) is 14.1. The molecule has 0 bridgehead atoms. The summed E-state index contributed by atoms with van der Waals surface area (Å²) in [5.41, 5.74) is 2.05. The van der Waals surface area contributed by atoms with Gasteiger partial charge in [-0.2, -0.15) is 0 Å². The van der Waals surface area contributed by atoms with Gasteiger partial charge in [-0.3, -0.25) is 9.79 Å². The van der Waals surface area contributed by atoms with Crippen LogP contribution in [0.3, 0.4) is 0 Å². The molecule has 0 heterocycles. The van der Waals surface area contributed by atoms with Crippen molar-refractivity contribution in [3.05, 3.63) is 60.2 Å². The summed E-state index contributed by atoms with van der Waals surface area (Å²) in [7, 11) is 0. The minimum Gasteiger partial charge on any atom is -0.357 e. The van der Waals surface area contributed by atoms with E-state index < -0.39 is 0 Å². The molecule has 0 unspecified atom stereocenters. The van der Waals surface area contributed by atoms with E-state index in [1.54, 1.807) is 0 Å². The number of nitrogens with zero attached hydrogens (tertiary/aromatic N) is 1. The molecule has 0 aromatic heterocycles. The van der Waals surface area contributed by atoms with Crippen LogP contribution in [0.4, 0.5) is 5.69 Å². The van der Waals surface area contributed by atoms with Crippen molar-refractivity contribution in [1.82, 2.24) is 10.6 Å². The molecule has 2 aromatic rings. The van der Waals surface area contributed by atoms with Crippen molar-refractivity contribution < 1.29 is 4.79 Å². The fourth-order valence-corrected chi connectivity index (χ4v) is 4.25. The Morgan fingerprint density at radius 3 is 2.37 bits per heavy atom. The molecule has 0 aliphatic heterocycles. The quantitative estimate of drug-likeness (QED) is 0.247. The number of aliphatic imine (C=N–C) groups is 1. The van der Waals surface area contributed by atoms with Crippen LogP contribution in [0.15, 0.2) is 64.5 Å². The highest BCUT2D eigenvalue weighted by molar-refractivity contribution is 14.0. The van der Waals surface area contributed by atoms with Crippen LogP contribution >= 0.6 is 35.7 Å². The molecule has 1 aliphatic carbocycles. The maximum atomic E-state index is 11.1. The smallest absolute Gasteiger partial charge is 0.221 e. The van der Waals surface area contributed by atoms with Gasteiger partial charge in [0.15, 0.2) is 5.96 Å². The Morgan fingerprint density at radius 1 is 1.07 bits per heavy atom. The Bertz CT molecular complexity index is 823. The van der Waals surface area contributed by atoms with E-state index in [9.17, 15) is 4.79 Å². The number of nitrogens with one attached hydrogen (secondary N) is 3. The van der Waals surface area contributed by atoms with Gasteiger partial charge in [0.2, 0.25) is 5.91 Å². The topological polar surface area (TPSA) is 65.5 Å². The molecule has 0 radical (unpaired) electrons. The predicted molar refractivity (Wildman–Crippen MR) is 138 cm³/mol. The van der Waals surface area contributed by atoms with E-state index in [1.165, 1.54) is 30.2 Å². The van der Waals surface area contributed by atoms with E-state index in [0.717, 1.165) is 37.7 Å². The molecule has 1 amide bonds. The van der Waals surface area contributed by atoms with Crippen LogP contribution in [0.5, 0.6) is 0 Å². The summed E-state index contributed by atoms with van der Waals surface area (Å²) in [5, 5.41) is 9.58. The Hall–Kier alpha value is -1.74. The second kappa shape index (κ2) is 12.2. The number of halogens is 1. The van der Waals surface area contributed by atoms with Gasteiger partial charge in [0.25, 0.3) is 0 Å². The first kappa shape index (κ1) is 24.5.